The summed E-state index contributed by atoms with van der Waals surface area (Å²) in [5.74, 6) is -0.850. The van der Waals surface area contributed by atoms with Gasteiger partial charge in [-0.05, 0) is 23.8 Å². The molecule has 0 fully saturated rings. The molecular weight excluding hydrogens is 338 g/mol. The van der Waals surface area contributed by atoms with E-state index in [1.165, 1.54) is 11.3 Å². The van der Waals surface area contributed by atoms with Crippen LogP contribution in [0.2, 0.25) is 0 Å². The summed E-state index contributed by atoms with van der Waals surface area (Å²) in [6, 6.07) is 10.8. The third-order valence-electron chi connectivity index (χ3n) is 3.89. The fourth-order valence-electron chi connectivity index (χ4n) is 2.65. The molecule has 1 atom stereocenters. The number of carbonyl (C=O) groups is 2. The second-order valence-electron chi connectivity index (χ2n) is 5.52. The van der Waals surface area contributed by atoms with Gasteiger partial charge in [0.25, 0.3) is 5.91 Å². The Kier molecular flexibility index (Phi) is 3.99. The number of amides is 1. The van der Waals surface area contributed by atoms with Crippen LogP contribution in [-0.2, 0) is 16.0 Å². The van der Waals surface area contributed by atoms with Crippen molar-refractivity contribution >= 4 is 28.3 Å². The van der Waals surface area contributed by atoms with Gasteiger partial charge in [-0.15, -0.1) is 11.3 Å². The number of benzene rings is 1. The molecule has 0 spiro atoms. The number of fused-ring (bicyclic) bond motifs is 1. The van der Waals surface area contributed by atoms with Crippen LogP contribution in [0.15, 0.2) is 54.2 Å². The third kappa shape index (κ3) is 3.14. The molecule has 0 saturated heterocycles. The number of rotatable bonds is 3. The zero-order valence-electron chi connectivity index (χ0n) is 13.0. The van der Waals surface area contributed by atoms with Crippen molar-refractivity contribution in [1.29, 1.82) is 0 Å². The molecular formula is C18H13N3O3S. The Morgan fingerprint density at radius 2 is 2.00 bits per heavy atom. The van der Waals surface area contributed by atoms with Crippen LogP contribution in [0.3, 0.4) is 0 Å². The van der Waals surface area contributed by atoms with E-state index in [1.807, 2.05) is 29.6 Å². The first-order valence-corrected chi connectivity index (χ1v) is 8.54. The van der Waals surface area contributed by atoms with Crippen molar-refractivity contribution in [3.8, 4) is 11.3 Å². The predicted molar refractivity (Wildman–Crippen MR) is 93.3 cm³/mol. The predicted octanol–water partition coefficient (Wildman–Crippen LogP) is 2.93. The zero-order valence-corrected chi connectivity index (χ0v) is 13.8. The molecule has 124 valence electrons. The SMILES string of the molecule is O=C1OC(C(=O)Nc2nc(-c3ccncc3)cs2)Cc2ccccc21. The number of anilines is 1. The molecule has 25 heavy (non-hydrogen) atoms. The lowest BCUT2D eigenvalue weighted by molar-refractivity contribution is -0.125. The Morgan fingerprint density at radius 1 is 1.20 bits per heavy atom. The number of aromatic nitrogens is 2. The van der Waals surface area contributed by atoms with E-state index in [1.54, 1.807) is 24.5 Å². The number of esters is 1. The third-order valence-corrected chi connectivity index (χ3v) is 4.65. The number of ether oxygens (including phenoxy) is 1. The van der Waals surface area contributed by atoms with Gasteiger partial charge in [-0.1, -0.05) is 18.2 Å². The van der Waals surface area contributed by atoms with Crippen molar-refractivity contribution in [2.75, 3.05) is 5.32 Å². The van der Waals surface area contributed by atoms with Crippen LogP contribution >= 0.6 is 11.3 Å². The molecule has 0 radical (unpaired) electrons. The lowest BCUT2D eigenvalue weighted by Crippen LogP contribution is -2.37. The van der Waals surface area contributed by atoms with E-state index in [0.29, 0.717) is 17.1 Å². The first kappa shape index (κ1) is 15.5. The Labute approximate surface area is 147 Å². The van der Waals surface area contributed by atoms with E-state index in [9.17, 15) is 9.59 Å². The monoisotopic (exact) mass is 351 g/mol. The summed E-state index contributed by atoms with van der Waals surface area (Å²) >= 11 is 1.32. The number of nitrogens with one attached hydrogen (secondary N) is 1. The van der Waals surface area contributed by atoms with Gasteiger partial charge in [0.15, 0.2) is 11.2 Å². The number of pyridine rings is 1. The van der Waals surface area contributed by atoms with Gasteiger partial charge in [0.1, 0.15) is 0 Å². The second-order valence-corrected chi connectivity index (χ2v) is 6.38. The van der Waals surface area contributed by atoms with Crippen LogP contribution in [-0.4, -0.2) is 27.9 Å². The molecule has 3 aromatic rings. The molecule has 1 aromatic carbocycles. The molecule has 1 amide bonds. The van der Waals surface area contributed by atoms with Crippen molar-refractivity contribution < 1.29 is 14.3 Å². The average Bonchev–Trinajstić information content (AvgIpc) is 3.11. The maximum absolute atomic E-state index is 12.4. The van der Waals surface area contributed by atoms with Crippen LogP contribution < -0.4 is 5.32 Å². The topological polar surface area (TPSA) is 81.2 Å². The van der Waals surface area contributed by atoms with Gasteiger partial charge in [0.2, 0.25) is 0 Å². The molecule has 0 saturated carbocycles. The summed E-state index contributed by atoms with van der Waals surface area (Å²) in [5, 5.41) is 5.05. The van der Waals surface area contributed by atoms with Crippen molar-refractivity contribution in [3.63, 3.8) is 0 Å². The van der Waals surface area contributed by atoms with Crippen molar-refractivity contribution in [2.45, 2.75) is 12.5 Å². The minimum absolute atomic E-state index is 0.357. The molecule has 1 N–H and O–H groups in total. The number of carbonyl (C=O) groups excluding carboxylic acids is 2. The molecule has 7 heteroatoms. The molecule has 3 heterocycles. The van der Waals surface area contributed by atoms with Gasteiger partial charge in [-0.3, -0.25) is 15.1 Å². The average molecular weight is 351 g/mol. The standard InChI is InChI=1S/C18H13N3O3S/c22-16(15-9-12-3-1-2-4-13(12)17(23)24-15)21-18-20-14(10-25-18)11-5-7-19-8-6-11/h1-8,10,15H,9H2,(H,20,21,22). The minimum Gasteiger partial charge on any atom is -0.448 e. The minimum atomic E-state index is -0.851. The van der Waals surface area contributed by atoms with Crippen molar-refractivity contribution in [3.05, 3.63) is 65.3 Å². The maximum atomic E-state index is 12.4. The van der Waals surface area contributed by atoms with Gasteiger partial charge < -0.3 is 4.74 Å². The van der Waals surface area contributed by atoms with Crippen LogP contribution in [0.25, 0.3) is 11.3 Å². The number of thiazole rings is 1. The normalized spacial score (nSPS) is 16.0. The van der Waals surface area contributed by atoms with Crippen LogP contribution in [0, 0.1) is 0 Å². The number of cyclic esters (lactones) is 1. The second kappa shape index (κ2) is 6.45. The summed E-state index contributed by atoms with van der Waals surface area (Å²) < 4.78 is 5.26. The van der Waals surface area contributed by atoms with Gasteiger partial charge in [0, 0.05) is 29.8 Å². The van der Waals surface area contributed by atoms with Gasteiger partial charge in [-0.25, -0.2) is 9.78 Å². The fraction of sp³-hybridized carbons (Fsp3) is 0.111. The first-order valence-electron chi connectivity index (χ1n) is 7.66. The summed E-state index contributed by atoms with van der Waals surface area (Å²) in [6.07, 6.45) is 2.88. The first-order chi connectivity index (χ1) is 12.2. The van der Waals surface area contributed by atoms with E-state index in [0.717, 1.165) is 16.8 Å². The highest BCUT2D eigenvalue weighted by atomic mass is 32.1. The highest BCUT2D eigenvalue weighted by Gasteiger charge is 2.31. The number of hydrogen-bond acceptors (Lipinski definition) is 6. The quantitative estimate of drug-likeness (QED) is 0.734. The molecule has 1 unspecified atom stereocenters. The highest BCUT2D eigenvalue weighted by molar-refractivity contribution is 7.14. The molecule has 2 aromatic heterocycles. The van der Waals surface area contributed by atoms with Gasteiger partial charge >= 0.3 is 5.97 Å². The summed E-state index contributed by atoms with van der Waals surface area (Å²) in [7, 11) is 0. The Bertz CT molecular complexity index is 940. The van der Waals surface area contributed by atoms with Gasteiger partial charge in [-0.2, -0.15) is 0 Å². The fourth-order valence-corrected chi connectivity index (χ4v) is 3.37. The number of nitrogens with zero attached hydrogens (tertiary/aromatic N) is 2. The van der Waals surface area contributed by atoms with E-state index in [4.69, 9.17) is 4.74 Å². The summed E-state index contributed by atoms with van der Waals surface area (Å²) in [6.45, 7) is 0. The maximum Gasteiger partial charge on any atom is 0.339 e. The van der Waals surface area contributed by atoms with Gasteiger partial charge in [0.05, 0.1) is 11.3 Å². The Morgan fingerprint density at radius 3 is 2.84 bits per heavy atom. The molecule has 0 aliphatic carbocycles. The largest absolute Gasteiger partial charge is 0.448 e. The lowest BCUT2D eigenvalue weighted by Gasteiger charge is -2.23. The summed E-state index contributed by atoms with van der Waals surface area (Å²) in [5.41, 5.74) is 3.01. The van der Waals surface area contributed by atoms with E-state index in [-0.39, 0.29) is 5.91 Å². The highest BCUT2D eigenvalue weighted by Crippen LogP contribution is 2.26. The zero-order chi connectivity index (χ0) is 17.2. The smallest absolute Gasteiger partial charge is 0.339 e. The van der Waals surface area contributed by atoms with E-state index in [2.05, 4.69) is 15.3 Å². The van der Waals surface area contributed by atoms with Crippen LogP contribution in [0.4, 0.5) is 5.13 Å². The molecule has 6 nitrogen and oxygen atoms in total. The van der Waals surface area contributed by atoms with Crippen LogP contribution in [0.1, 0.15) is 15.9 Å². The Hall–Kier alpha value is -3.06. The van der Waals surface area contributed by atoms with E-state index < -0.39 is 12.1 Å². The number of hydrogen-bond donors (Lipinski definition) is 1. The molecule has 0 bridgehead atoms. The van der Waals surface area contributed by atoms with Crippen molar-refractivity contribution in [2.24, 2.45) is 0 Å². The lowest BCUT2D eigenvalue weighted by atomic mass is 9.98. The van der Waals surface area contributed by atoms with Crippen LogP contribution in [0.5, 0.6) is 0 Å². The molecule has 4 rings (SSSR count). The van der Waals surface area contributed by atoms with Crippen molar-refractivity contribution in [1.82, 2.24) is 9.97 Å². The van der Waals surface area contributed by atoms with E-state index >= 15 is 0 Å². The Balaban J connectivity index is 1.48. The molecule has 1 aliphatic rings. The molecule has 1 aliphatic heterocycles. The summed E-state index contributed by atoms with van der Waals surface area (Å²) in [4.78, 5) is 32.8.